The van der Waals surface area contributed by atoms with Gasteiger partial charge in [0.2, 0.25) is 5.95 Å². The molecule has 4 nitrogen and oxygen atoms in total. The van der Waals surface area contributed by atoms with Crippen molar-refractivity contribution >= 4 is 5.97 Å². The fourth-order valence-electron chi connectivity index (χ4n) is 1.28. The molecule has 0 aromatic carbocycles. The zero-order chi connectivity index (χ0) is 16.4. The van der Waals surface area contributed by atoms with Crippen LogP contribution in [0.2, 0.25) is 0 Å². The predicted octanol–water partition coefficient (Wildman–Crippen LogP) is 3.31. The highest BCUT2D eigenvalue weighted by molar-refractivity contribution is 5.93. The SMILES string of the molecule is CCOC(=O)c1c(F)ncc(C(F)(F)F)c1OC(F)(F)F. The molecular formula is C10H6F7NO3. The highest BCUT2D eigenvalue weighted by atomic mass is 19.4. The van der Waals surface area contributed by atoms with Crippen LogP contribution in [0.15, 0.2) is 6.20 Å². The molecule has 0 spiro atoms. The number of pyridine rings is 1. The fourth-order valence-corrected chi connectivity index (χ4v) is 1.28. The Hall–Kier alpha value is -2.07. The number of halogens is 7. The highest BCUT2D eigenvalue weighted by Gasteiger charge is 2.43. The van der Waals surface area contributed by atoms with Gasteiger partial charge < -0.3 is 9.47 Å². The highest BCUT2D eigenvalue weighted by Crippen LogP contribution is 2.40. The van der Waals surface area contributed by atoms with Crippen molar-refractivity contribution in [3.05, 3.63) is 23.3 Å². The van der Waals surface area contributed by atoms with Crippen molar-refractivity contribution in [2.24, 2.45) is 0 Å². The maximum Gasteiger partial charge on any atom is 0.573 e. The molecular weight excluding hydrogens is 315 g/mol. The molecule has 0 radical (unpaired) electrons. The van der Waals surface area contributed by atoms with Gasteiger partial charge in [-0.1, -0.05) is 0 Å². The summed E-state index contributed by atoms with van der Waals surface area (Å²) in [7, 11) is 0. The van der Waals surface area contributed by atoms with Crippen LogP contribution in [-0.4, -0.2) is 23.9 Å². The summed E-state index contributed by atoms with van der Waals surface area (Å²) in [5.74, 6) is -5.67. The summed E-state index contributed by atoms with van der Waals surface area (Å²) in [6.07, 6.45) is -11.1. The first-order valence-corrected chi connectivity index (χ1v) is 5.16. The van der Waals surface area contributed by atoms with E-state index in [0.29, 0.717) is 0 Å². The third kappa shape index (κ3) is 4.20. The van der Waals surface area contributed by atoms with Crippen molar-refractivity contribution in [2.45, 2.75) is 19.5 Å². The first-order valence-electron chi connectivity index (χ1n) is 5.16. The van der Waals surface area contributed by atoms with E-state index in [2.05, 4.69) is 14.5 Å². The van der Waals surface area contributed by atoms with Crippen molar-refractivity contribution < 1.29 is 45.0 Å². The number of carbonyl (C=O) groups is 1. The van der Waals surface area contributed by atoms with Crippen LogP contribution in [0.1, 0.15) is 22.8 Å². The average Bonchev–Trinajstić information content (AvgIpc) is 2.25. The Morgan fingerprint density at radius 2 is 1.81 bits per heavy atom. The lowest BCUT2D eigenvalue weighted by Gasteiger charge is -2.17. The third-order valence-electron chi connectivity index (χ3n) is 1.99. The summed E-state index contributed by atoms with van der Waals surface area (Å²) in [5.41, 5.74) is -3.73. The lowest BCUT2D eigenvalue weighted by molar-refractivity contribution is -0.276. The molecule has 0 saturated heterocycles. The van der Waals surface area contributed by atoms with Crippen LogP contribution in [0.5, 0.6) is 5.75 Å². The normalized spacial score (nSPS) is 12.2. The largest absolute Gasteiger partial charge is 0.573 e. The summed E-state index contributed by atoms with van der Waals surface area (Å²) in [4.78, 5) is 13.9. The molecule has 1 rings (SSSR count). The Labute approximate surface area is 112 Å². The van der Waals surface area contributed by atoms with Crippen LogP contribution in [-0.2, 0) is 10.9 Å². The second-order valence-electron chi connectivity index (χ2n) is 3.43. The number of nitrogens with zero attached hydrogens (tertiary/aromatic N) is 1. The van der Waals surface area contributed by atoms with Crippen LogP contribution >= 0.6 is 0 Å². The average molecular weight is 321 g/mol. The minimum atomic E-state index is -5.57. The van der Waals surface area contributed by atoms with E-state index in [1.807, 2.05) is 0 Å². The monoisotopic (exact) mass is 321 g/mol. The van der Waals surface area contributed by atoms with Crippen molar-refractivity contribution in [3.8, 4) is 5.75 Å². The zero-order valence-electron chi connectivity index (χ0n) is 10.1. The molecule has 0 saturated carbocycles. The molecule has 11 heteroatoms. The third-order valence-corrected chi connectivity index (χ3v) is 1.99. The molecule has 0 atom stereocenters. The number of alkyl halides is 6. The van der Waals surface area contributed by atoms with Gasteiger partial charge in [0.1, 0.15) is 5.56 Å². The van der Waals surface area contributed by atoms with Crippen molar-refractivity contribution in [1.29, 1.82) is 0 Å². The van der Waals surface area contributed by atoms with Crippen molar-refractivity contribution in [3.63, 3.8) is 0 Å². The molecule has 1 aromatic heterocycles. The van der Waals surface area contributed by atoms with Gasteiger partial charge in [-0.15, -0.1) is 13.2 Å². The number of esters is 1. The van der Waals surface area contributed by atoms with Gasteiger partial charge in [0, 0.05) is 6.20 Å². The maximum absolute atomic E-state index is 13.3. The molecule has 0 aliphatic heterocycles. The molecule has 1 heterocycles. The van der Waals surface area contributed by atoms with E-state index in [4.69, 9.17) is 0 Å². The Balaban J connectivity index is 3.56. The van der Waals surface area contributed by atoms with E-state index in [9.17, 15) is 35.5 Å². The summed E-state index contributed by atoms with van der Waals surface area (Å²) in [6.45, 7) is 0.821. The van der Waals surface area contributed by atoms with Crippen LogP contribution < -0.4 is 4.74 Å². The molecule has 0 amide bonds. The van der Waals surface area contributed by atoms with E-state index in [1.165, 1.54) is 6.92 Å². The van der Waals surface area contributed by atoms with Crippen LogP contribution in [0.3, 0.4) is 0 Å². The van der Waals surface area contributed by atoms with Gasteiger partial charge in [0.15, 0.2) is 11.3 Å². The number of aromatic nitrogens is 1. The molecule has 0 aliphatic rings. The lowest BCUT2D eigenvalue weighted by Crippen LogP contribution is -2.24. The fraction of sp³-hybridized carbons (Fsp3) is 0.400. The standard InChI is InChI=1S/C10H6F7NO3/c1-2-20-8(19)5-6(21-10(15,16)17)4(9(12,13)14)3-18-7(5)11/h3H,2H2,1H3. The van der Waals surface area contributed by atoms with Gasteiger partial charge in [0.25, 0.3) is 0 Å². The Morgan fingerprint density at radius 3 is 2.24 bits per heavy atom. The van der Waals surface area contributed by atoms with Gasteiger partial charge in [-0.2, -0.15) is 17.6 Å². The van der Waals surface area contributed by atoms with Crippen LogP contribution in [0.4, 0.5) is 30.7 Å². The Bertz CT molecular complexity index is 539. The summed E-state index contributed by atoms with van der Waals surface area (Å²) >= 11 is 0. The second kappa shape index (κ2) is 5.74. The minimum Gasteiger partial charge on any atom is -0.462 e. The smallest absolute Gasteiger partial charge is 0.462 e. The van der Waals surface area contributed by atoms with Crippen LogP contribution in [0.25, 0.3) is 0 Å². The molecule has 118 valence electrons. The molecule has 0 fully saturated rings. The number of carbonyl (C=O) groups excluding carboxylic acids is 1. The van der Waals surface area contributed by atoms with Gasteiger partial charge in [0.05, 0.1) is 6.61 Å². The molecule has 0 bridgehead atoms. The second-order valence-corrected chi connectivity index (χ2v) is 3.43. The summed E-state index contributed by atoms with van der Waals surface area (Å²) in [5, 5.41) is 0. The van der Waals surface area contributed by atoms with Crippen molar-refractivity contribution in [1.82, 2.24) is 4.98 Å². The Kier molecular flexibility index (Phi) is 4.64. The van der Waals surface area contributed by atoms with E-state index < -0.39 is 47.9 Å². The first-order chi connectivity index (χ1) is 9.47. The lowest BCUT2D eigenvalue weighted by atomic mass is 10.1. The Morgan fingerprint density at radius 1 is 1.24 bits per heavy atom. The maximum atomic E-state index is 13.3. The van der Waals surface area contributed by atoms with E-state index in [-0.39, 0.29) is 6.20 Å². The minimum absolute atomic E-state index is 0.209. The molecule has 1 aromatic rings. The first kappa shape index (κ1) is 17.0. The number of hydrogen-bond acceptors (Lipinski definition) is 4. The van der Waals surface area contributed by atoms with E-state index >= 15 is 0 Å². The molecule has 21 heavy (non-hydrogen) atoms. The predicted molar refractivity (Wildman–Crippen MR) is 51.8 cm³/mol. The quantitative estimate of drug-likeness (QED) is 0.487. The summed E-state index contributed by atoms with van der Waals surface area (Å²) < 4.78 is 95.1. The van der Waals surface area contributed by atoms with Crippen LogP contribution in [0, 0.1) is 5.95 Å². The van der Waals surface area contributed by atoms with Gasteiger partial charge in [-0.3, -0.25) is 0 Å². The van der Waals surface area contributed by atoms with Crippen molar-refractivity contribution in [2.75, 3.05) is 6.61 Å². The molecule has 0 aliphatic carbocycles. The topological polar surface area (TPSA) is 48.4 Å². The molecule has 0 unspecified atom stereocenters. The van der Waals surface area contributed by atoms with Gasteiger partial charge >= 0.3 is 18.5 Å². The number of rotatable bonds is 3. The van der Waals surface area contributed by atoms with Gasteiger partial charge in [-0.05, 0) is 6.92 Å². The van der Waals surface area contributed by atoms with Gasteiger partial charge in [-0.25, -0.2) is 9.78 Å². The van der Waals surface area contributed by atoms with E-state index in [0.717, 1.165) is 0 Å². The zero-order valence-corrected chi connectivity index (χ0v) is 10.1. The molecule has 0 N–H and O–H groups in total. The summed E-state index contributed by atoms with van der Waals surface area (Å²) in [6, 6.07) is 0. The number of hydrogen-bond donors (Lipinski definition) is 0. The number of ether oxygens (including phenoxy) is 2. The van der Waals surface area contributed by atoms with E-state index in [1.54, 1.807) is 0 Å².